The predicted octanol–water partition coefficient (Wildman–Crippen LogP) is 6.43. The molecule has 0 aliphatic heterocycles. The molecule has 140 valence electrons. The van der Waals surface area contributed by atoms with Gasteiger partial charge in [-0.15, -0.1) is 0 Å². The number of rotatable bonds is 18. The highest BCUT2D eigenvalue weighted by Gasteiger charge is 2.25. The summed E-state index contributed by atoms with van der Waals surface area (Å²) >= 11 is 0. The second-order valence-electron chi connectivity index (χ2n) is 6.82. The van der Waals surface area contributed by atoms with Crippen LogP contribution in [0.3, 0.4) is 0 Å². The molecule has 0 radical (unpaired) electrons. The molecular formula is C20H44NO2+. The summed E-state index contributed by atoms with van der Waals surface area (Å²) < 4.78 is 0. The highest BCUT2D eigenvalue weighted by atomic mass is 17.0. The Balaban J connectivity index is 3.25. The van der Waals surface area contributed by atoms with Gasteiger partial charge in [0.25, 0.3) is 0 Å². The van der Waals surface area contributed by atoms with E-state index < -0.39 is 0 Å². The Morgan fingerprint density at radius 3 is 1.17 bits per heavy atom. The van der Waals surface area contributed by atoms with E-state index in [1.807, 2.05) is 0 Å². The Hall–Kier alpha value is -0.120. The first-order chi connectivity index (χ1) is 11.2. The van der Waals surface area contributed by atoms with Gasteiger partial charge in [-0.05, 0) is 18.2 Å². The monoisotopic (exact) mass is 330 g/mol. The highest BCUT2D eigenvalue weighted by molar-refractivity contribution is 4.49. The largest absolute Gasteiger partial charge is 0.171 e. The number of hydrogen-bond acceptors (Lipinski definition) is 2. The topological polar surface area (TPSA) is 18.5 Å². The van der Waals surface area contributed by atoms with Crippen molar-refractivity contribution in [3.05, 3.63) is 0 Å². The fraction of sp³-hybridized carbons (Fsp3) is 1.00. The molecule has 0 atom stereocenters. The van der Waals surface area contributed by atoms with Gasteiger partial charge in [0.1, 0.15) is 13.1 Å². The van der Waals surface area contributed by atoms with E-state index in [9.17, 15) is 0 Å². The Morgan fingerprint density at radius 2 is 0.870 bits per heavy atom. The van der Waals surface area contributed by atoms with Crippen LogP contribution in [0.5, 0.6) is 0 Å². The van der Waals surface area contributed by atoms with E-state index in [2.05, 4.69) is 13.8 Å². The molecule has 3 heteroatoms. The lowest BCUT2D eigenvalue weighted by atomic mass is 10.0. The van der Waals surface area contributed by atoms with E-state index in [0.717, 1.165) is 13.1 Å². The summed E-state index contributed by atoms with van der Waals surface area (Å²) in [6, 6.07) is 0. The third-order valence-electron chi connectivity index (χ3n) is 5.00. The van der Waals surface area contributed by atoms with Crippen LogP contribution in [0, 0.1) is 0 Å². The Kier molecular flexibility index (Phi) is 16.6. The molecule has 0 saturated heterocycles. The molecule has 0 aliphatic carbocycles. The third-order valence-corrected chi connectivity index (χ3v) is 5.00. The highest BCUT2D eigenvalue weighted by Crippen LogP contribution is 2.14. The van der Waals surface area contributed by atoms with E-state index in [0.29, 0.717) is 4.81 Å². The summed E-state index contributed by atoms with van der Waals surface area (Å²) in [7, 11) is 3.47. The van der Waals surface area contributed by atoms with Gasteiger partial charge in [-0.2, -0.15) is 9.68 Å². The standard InChI is InChI=1S/C20H44NO2/c1-5-7-8-9-10-11-12-13-14-15-16-17-18-19-20-21(6-2,22-3)23-4/h5-20H2,1-4H3/q+1. The first kappa shape index (κ1) is 22.9. The zero-order valence-electron chi connectivity index (χ0n) is 16.6. The summed E-state index contributed by atoms with van der Waals surface area (Å²) in [6.07, 6.45) is 19.6. The van der Waals surface area contributed by atoms with Crippen LogP contribution in [0.4, 0.5) is 0 Å². The SMILES string of the molecule is CCCCCCCCCCCCCCCC[N+](CC)(OC)OC. The van der Waals surface area contributed by atoms with Crippen molar-refractivity contribution in [1.29, 1.82) is 0 Å². The summed E-state index contributed by atoms with van der Waals surface area (Å²) in [6.45, 7) is 6.22. The van der Waals surface area contributed by atoms with Crippen LogP contribution in [0.25, 0.3) is 0 Å². The van der Waals surface area contributed by atoms with Gasteiger partial charge in [0.2, 0.25) is 0 Å². The molecule has 0 unspecified atom stereocenters. The minimum Gasteiger partial charge on any atom is -0.171 e. The molecule has 0 aliphatic rings. The van der Waals surface area contributed by atoms with Crippen LogP contribution in [0.1, 0.15) is 104 Å². The molecule has 23 heavy (non-hydrogen) atoms. The maximum atomic E-state index is 5.46. The van der Waals surface area contributed by atoms with Crippen LogP contribution >= 0.6 is 0 Å². The summed E-state index contributed by atoms with van der Waals surface area (Å²) in [5, 5.41) is 0. The lowest BCUT2D eigenvalue weighted by Crippen LogP contribution is -2.46. The molecule has 0 amide bonds. The van der Waals surface area contributed by atoms with E-state index in [-0.39, 0.29) is 0 Å². The van der Waals surface area contributed by atoms with Gasteiger partial charge in [0.15, 0.2) is 0 Å². The second kappa shape index (κ2) is 16.7. The van der Waals surface area contributed by atoms with Crippen molar-refractivity contribution in [2.24, 2.45) is 0 Å². The smallest absolute Gasteiger partial charge is 0.142 e. The Labute approximate surface area is 146 Å². The molecule has 0 heterocycles. The quantitative estimate of drug-likeness (QED) is 0.164. The van der Waals surface area contributed by atoms with Crippen molar-refractivity contribution in [2.45, 2.75) is 104 Å². The van der Waals surface area contributed by atoms with E-state index in [4.69, 9.17) is 9.68 Å². The Morgan fingerprint density at radius 1 is 0.522 bits per heavy atom. The molecule has 0 saturated carbocycles. The average Bonchev–Trinajstić information content (AvgIpc) is 2.59. The van der Waals surface area contributed by atoms with Crippen LogP contribution in [0.15, 0.2) is 0 Å². The van der Waals surface area contributed by atoms with E-state index >= 15 is 0 Å². The van der Waals surface area contributed by atoms with Crippen molar-refractivity contribution in [2.75, 3.05) is 27.3 Å². The zero-order chi connectivity index (χ0) is 17.2. The number of nitrogens with zero attached hydrogens (tertiary/aromatic N) is 1. The van der Waals surface area contributed by atoms with Gasteiger partial charge < -0.3 is 0 Å². The second-order valence-corrected chi connectivity index (χ2v) is 6.82. The molecular weight excluding hydrogens is 286 g/mol. The fourth-order valence-corrected chi connectivity index (χ4v) is 3.22. The van der Waals surface area contributed by atoms with Crippen molar-refractivity contribution in [1.82, 2.24) is 0 Å². The molecule has 0 spiro atoms. The zero-order valence-corrected chi connectivity index (χ0v) is 16.6. The maximum absolute atomic E-state index is 5.46. The normalized spacial score (nSPS) is 12.0. The van der Waals surface area contributed by atoms with Crippen molar-refractivity contribution in [3.8, 4) is 0 Å². The first-order valence-electron chi connectivity index (χ1n) is 10.2. The van der Waals surface area contributed by atoms with Crippen LogP contribution in [-0.2, 0) is 9.68 Å². The minimum absolute atomic E-state index is 0.332. The Bertz CT molecular complexity index is 221. The van der Waals surface area contributed by atoms with Gasteiger partial charge in [0.05, 0.1) is 14.2 Å². The minimum atomic E-state index is 0.332. The molecule has 0 bridgehead atoms. The van der Waals surface area contributed by atoms with Gasteiger partial charge in [0, 0.05) is 6.42 Å². The average molecular weight is 331 g/mol. The number of hydroxylamine groups is 4. The number of quaternary nitrogens is 1. The predicted molar refractivity (Wildman–Crippen MR) is 100.0 cm³/mol. The molecule has 0 rings (SSSR count). The van der Waals surface area contributed by atoms with Crippen LogP contribution in [-0.4, -0.2) is 32.1 Å². The van der Waals surface area contributed by atoms with Crippen molar-refractivity contribution in [3.63, 3.8) is 0 Å². The van der Waals surface area contributed by atoms with Crippen molar-refractivity contribution >= 4 is 0 Å². The number of unbranched alkanes of at least 4 members (excludes halogenated alkanes) is 13. The van der Waals surface area contributed by atoms with Crippen molar-refractivity contribution < 1.29 is 14.5 Å². The van der Waals surface area contributed by atoms with Crippen LogP contribution in [0.2, 0.25) is 0 Å². The number of hydrogen-bond donors (Lipinski definition) is 0. The molecule has 0 fully saturated rings. The van der Waals surface area contributed by atoms with Gasteiger partial charge in [-0.3, -0.25) is 0 Å². The fourth-order valence-electron chi connectivity index (χ4n) is 3.22. The first-order valence-corrected chi connectivity index (χ1v) is 10.2. The summed E-state index contributed by atoms with van der Waals surface area (Å²) in [4.78, 5) is 11.3. The lowest BCUT2D eigenvalue weighted by Gasteiger charge is -2.28. The molecule has 0 N–H and O–H groups in total. The summed E-state index contributed by atoms with van der Waals surface area (Å²) in [5.74, 6) is 0. The van der Waals surface area contributed by atoms with Crippen LogP contribution < -0.4 is 0 Å². The van der Waals surface area contributed by atoms with Gasteiger partial charge in [-0.25, -0.2) is 0 Å². The third kappa shape index (κ3) is 12.9. The molecule has 0 aromatic heterocycles. The molecule has 0 aromatic rings. The van der Waals surface area contributed by atoms with E-state index in [1.165, 1.54) is 89.9 Å². The van der Waals surface area contributed by atoms with E-state index in [1.54, 1.807) is 14.2 Å². The lowest BCUT2D eigenvalue weighted by molar-refractivity contribution is -1.24. The maximum Gasteiger partial charge on any atom is 0.142 e. The molecule has 0 aromatic carbocycles. The summed E-state index contributed by atoms with van der Waals surface area (Å²) in [5.41, 5.74) is 0. The van der Waals surface area contributed by atoms with Gasteiger partial charge >= 0.3 is 0 Å². The van der Waals surface area contributed by atoms with Gasteiger partial charge in [-0.1, -0.05) is 84.0 Å². The molecule has 3 nitrogen and oxygen atoms in total.